The topological polar surface area (TPSA) is 4.93 Å². The van der Waals surface area contributed by atoms with Crippen molar-refractivity contribution in [2.75, 3.05) is 0 Å². The van der Waals surface area contributed by atoms with E-state index in [-0.39, 0.29) is 5.41 Å². The highest BCUT2D eigenvalue weighted by Gasteiger charge is 2.20. The summed E-state index contributed by atoms with van der Waals surface area (Å²) < 4.78 is 2.23. The molecule has 0 N–H and O–H groups in total. The Bertz CT molecular complexity index is 498. The van der Waals surface area contributed by atoms with Crippen LogP contribution in [0, 0.1) is 6.92 Å². The van der Waals surface area contributed by atoms with Crippen molar-refractivity contribution < 1.29 is 0 Å². The minimum atomic E-state index is 0.204. The molecule has 1 aromatic heterocycles. The van der Waals surface area contributed by atoms with Crippen LogP contribution in [0.15, 0.2) is 24.4 Å². The molecular formula is C14H19N. The Morgan fingerprint density at radius 1 is 1.07 bits per heavy atom. The molecule has 1 aromatic carbocycles. The van der Waals surface area contributed by atoms with E-state index in [0.717, 1.165) is 0 Å². The van der Waals surface area contributed by atoms with E-state index in [2.05, 4.69) is 63.7 Å². The van der Waals surface area contributed by atoms with Gasteiger partial charge in [0.15, 0.2) is 0 Å². The second kappa shape index (κ2) is 3.13. The molecule has 0 saturated carbocycles. The summed E-state index contributed by atoms with van der Waals surface area (Å²) in [4.78, 5) is 0. The van der Waals surface area contributed by atoms with Crippen molar-refractivity contribution in [3.8, 4) is 0 Å². The van der Waals surface area contributed by atoms with E-state index in [1.54, 1.807) is 0 Å². The standard InChI is InChI=1S/C14H19N/c1-10-6-7-11-8-9-15(5)13(11)12(10)14(2,3)4/h6-9H,1-5H3. The summed E-state index contributed by atoms with van der Waals surface area (Å²) in [6, 6.07) is 6.62. The first kappa shape index (κ1) is 10.3. The van der Waals surface area contributed by atoms with Crippen molar-refractivity contribution in [3.63, 3.8) is 0 Å². The highest BCUT2D eigenvalue weighted by atomic mass is 14.9. The van der Waals surface area contributed by atoms with Gasteiger partial charge in [-0.25, -0.2) is 0 Å². The molecule has 0 saturated heterocycles. The first-order chi connectivity index (χ1) is 6.91. The minimum absolute atomic E-state index is 0.204. The van der Waals surface area contributed by atoms with E-state index in [1.807, 2.05) is 0 Å². The van der Waals surface area contributed by atoms with Gasteiger partial charge < -0.3 is 4.57 Å². The molecule has 0 atom stereocenters. The number of aryl methyl sites for hydroxylation is 2. The minimum Gasteiger partial charge on any atom is -0.350 e. The van der Waals surface area contributed by atoms with Gasteiger partial charge in [0.05, 0.1) is 5.52 Å². The first-order valence-electron chi connectivity index (χ1n) is 5.46. The Morgan fingerprint density at radius 3 is 2.33 bits per heavy atom. The highest BCUT2D eigenvalue weighted by molar-refractivity contribution is 5.85. The van der Waals surface area contributed by atoms with E-state index in [0.29, 0.717) is 0 Å². The molecule has 80 valence electrons. The fourth-order valence-electron chi connectivity index (χ4n) is 2.44. The smallest absolute Gasteiger partial charge is 0.0518 e. The Morgan fingerprint density at radius 2 is 1.73 bits per heavy atom. The fraction of sp³-hybridized carbons (Fsp3) is 0.429. The number of benzene rings is 1. The van der Waals surface area contributed by atoms with Crippen molar-refractivity contribution in [3.05, 3.63) is 35.5 Å². The molecule has 2 aromatic rings. The molecule has 0 aliphatic rings. The summed E-state index contributed by atoms with van der Waals surface area (Å²) in [6.45, 7) is 9.04. The van der Waals surface area contributed by atoms with Crippen LogP contribution in [0.4, 0.5) is 0 Å². The first-order valence-corrected chi connectivity index (χ1v) is 5.46. The van der Waals surface area contributed by atoms with Crippen molar-refractivity contribution in [2.24, 2.45) is 7.05 Å². The number of fused-ring (bicyclic) bond motifs is 1. The number of hydrogen-bond acceptors (Lipinski definition) is 0. The number of aromatic nitrogens is 1. The number of rotatable bonds is 0. The largest absolute Gasteiger partial charge is 0.350 e. The fourth-order valence-corrected chi connectivity index (χ4v) is 2.44. The van der Waals surface area contributed by atoms with E-state index in [9.17, 15) is 0 Å². The third kappa shape index (κ3) is 1.56. The van der Waals surface area contributed by atoms with E-state index >= 15 is 0 Å². The maximum absolute atomic E-state index is 2.28. The number of hydrogen-bond donors (Lipinski definition) is 0. The molecule has 2 rings (SSSR count). The predicted molar refractivity (Wildman–Crippen MR) is 66.4 cm³/mol. The molecular weight excluding hydrogens is 182 g/mol. The Hall–Kier alpha value is -1.24. The molecule has 0 radical (unpaired) electrons. The van der Waals surface area contributed by atoms with Crippen molar-refractivity contribution >= 4 is 10.9 Å². The van der Waals surface area contributed by atoms with Gasteiger partial charge in [-0.2, -0.15) is 0 Å². The summed E-state index contributed by atoms with van der Waals surface area (Å²) in [6.07, 6.45) is 2.14. The SMILES string of the molecule is Cc1ccc2ccn(C)c2c1C(C)(C)C. The lowest BCUT2D eigenvalue weighted by Crippen LogP contribution is -2.14. The van der Waals surface area contributed by atoms with Gasteiger partial charge in [0.1, 0.15) is 0 Å². The summed E-state index contributed by atoms with van der Waals surface area (Å²) in [5.41, 5.74) is 4.43. The zero-order valence-electron chi connectivity index (χ0n) is 10.3. The zero-order chi connectivity index (χ0) is 11.2. The maximum atomic E-state index is 2.28. The van der Waals surface area contributed by atoms with Gasteiger partial charge in [-0.05, 0) is 34.9 Å². The van der Waals surface area contributed by atoms with Gasteiger partial charge in [-0.15, -0.1) is 0 Å². The van der Waals surface area contributed by atoms with Crippen LogP contribution < -0.4 is 0 Å². The molecule has 1 heteroatoms. The molecule has 1 nitrogen and oxygen atoms in total. The average Bonchev–Trinajstić information content (AvgIpc) is 2.46. The van der Waals surface area contributed by atoms with Crippen LogP contribution in [0.25, 0.3) is 10.9 Å². The Kier molecular flexibility index (Phi) is 2.14. The lowest BCUT2D eigenvalue weighted by atomic mass is 9.83. The summed E-state index contributed by atoms with van der Waals surface area (Å²) in [7, 11) is 2.12. The molecule has 0 aliphatic heterocycles. The van der Waals surface area contributed by atoms with Gasteiger partial charge in [-0.1, -0.05) is 32.9 Å². The van der Waals surface area contributed by atoms with E-state index in [4.69, 9.17) is 0 Å². The van der Waals surface area contributed by atoms with Crippen LogP contribution in [-0.4, -0.2) is 4.57 Å². The lowest BCUT2D eigenvalue weighted by molar-refractivity contribution is 0.588. The van der Waals surface area contributed by atoms with Gasteiger partial charge in [0.25, 0.3) is 0 Å². The Balaban J connectivity index is 2.90. The highest BCUT2D eigenvalue weighted by Crippen LogP contribution is 2.32. The third-order valence-corrected chi connectivity index (χ3v) is 3.00. The van der Waals surface area contributed by atoms with Gasteiger partial charge in [0.2, 0.25) is 0 Å². The molecule has 15 heavy (non-hydrogen) atoms. The molecule has 0 unspecified atom stereocenters. The van der Waals surface area contributed by atoms with Crippen LogP contribution in [0.3, 0.4) is 0 Å². The van der Waals surface area contributed by atoms with Crippen LogP contribution in [0.5, 0.6) is 0 Å². The van der Waals surface area contributed by atoms with Gasteiger partial charge >= 0.3 is 0 Å². The predicted octanol–water partition coefficient (Wildman–Crippen LogP) is 3.78. The normalized spacial score (nSPS) is 12.3. The summed E-state index contributed by atoms with van der Waals surface area (Å²) >= 11 is 0. The molecule has 0 aliphatic carbocycles. The van der Waals surface area contributed by atoms with Crippen LogP contribution in [0.1, 0.15) is 31.9 Å². The van der Waals surface area contributed by atoms with Crippen molar-refractivity contribution in [1.82, 2.24) is 4.57 Å². The van der Waals surface area contributed by atoms with E-state index < -0.39 is 0 Å². The molecule has 0 fully saturated rings. The van der Waals surface area contributed by atoms with Gasteiger partial charge in [0, 0.05) is 13.2 Å². The molecule has 0 amide bonds. The second-order valence-electron chi connectivity index (χ2n) is 5.37. The quantitative estimate of drug-likeness (QED) is 0.611. The summed E-state index contributed by atoms with van der Waals surface area (Å²) in [5, 5.41) is 1.34. The van der Waals surface area contributed by atoms with Crippen molar-refractivity contribution in [1.29, 1.82) is 0 Å². The van der Waals surface area contributed by atoms with Crippen LogP contribution >= 0.6 is 0 Å². The molecule has 0 bridgehead atoms. The third-order valence-electron chi connectivity index (χ3n) is 3.00. The Labute approximate surface area is 91.7 Å². The average molecular weight is 201 g/mol. The molecule has 1 heterocycles. The van der Waals surface area contributed by atoms with Crippen LogP contribution in [-0.2, 0) is 12.5 Å². The van der Waals surface area contributed by atoms with Crippen molar-refractivity contribution in [2.45, 2.75) is 33.1 Å². The molecule has 0 spiro atoms. The van der Waals surface area contributed by atoms with Gasteiger partial charge in [-0.3, -0.25) is 0 Å². The monoisotopic (exact) mass is 201 g/mol. The zero-order valence-corrected chi connectivity index (χ0v) is 10.3. The number of nitrogens with zero attached hydrogens (tertiary/aromatic N) is 1. The lowest BCUT2D eigenvalue weighted by Gasteiger charge is -2.23. The maximum Gasteiger partial charge on any atom is 0.0518 e. The second-order valence-corrected chi connectivity index (χ2v) is 5.37. The van der Waals surface area contributed by atoms with E-state index in [1.165, 1.54) is 22.0 Å². The summed E-state index contributed by atoms with van der Waals surface area (Å²) in [5.74, 6) is 0. The van der Waals surface area contributed by atoms with Crippen LogP contribution in [0.2, 0.25) is 0 Å².